The number of amides is 1. The second-order valence-electron chi connectivity index (χ2n) is 4.95. The van der Waals surface area contributed by atoms with Gasteiger partial charge in [0.25, 0.3) is 5.91 Å². The van der Waals surface area contributed by atoms with E-state index in [2.05, 4.69) is 10.3 Å². The van der Waals surface area contributed by atoms with Gasteiger partial charge >= 0.3 is 0 Å². The van der Waals surface area contributed by atoms with E-state index in [0.717, 1.165) is 22.2 Å². The van der Waals surface area contributed by atoms with Crippen LogP contribution in [0, 0.1) is 0 Å². The number of carbonyl (C=O) groups excluding carboxylic acids is 1. The lowest BCUT2D eigenvalue weighted by Crippen LogP contribution is -2.13. The third kappa shape index (κ3) is 2.88. The minimum absolute atomic E-state index is 0.121. The maximum atomic E-state index is 12.5. The number of carbonyl (C=O) groups is 1. The lowest BCUT2D eigenvalue weighted by Gasteiger charge is -2.08. The second-order valence-corrected chi connectivity index (χ2v) is 4.95. The van der Waals surface area contributed by atoms with Gasteiger partial charge in [0.1, 0.15) is 0 Å². The van der Waals surface area contributed by atoms with Crippen LogP contribution in [-0.4, -0.2) is 10.9 Å². The fraction of sp³-hybridized carbons (Fsp3) is 0.0526. The predicted octanol–water partition coefficient (Wildman–Crippen LogP) is 4.52. The lowest BCUT2D eigenvalue weighted by atomic mass is 10.1. The Kier molecular flexibility index (Phi) is 3.97. The van der Waals surface area contributed by atoms with Crippen molar-refractivity contribution in [2.24, 2.45) is 0 Å². The Morgan fingerprint density at radius 2 is 1.95 bits per heavy atom. The van der Waals surface area contributed by atoms with Crippen LogP contribution in [0.1, 0.15) is 22.8 Å². The summed E-state index contributed by atoms with van der Waals surface area (Å²) >= 11 is 0. The number of rotatable bonds is 3. The molecule has 3 nitrogen and oxygen atoms in total. The molecule has 1 amide bonds. The molecule has 0 aliphatic heterocycles. The summed E-state index contributed by atoms with van der Waals surface area (Å²) in [5.41, 5.74) is 3.16. The summed E-state index contributed by atoms with van der Waals surface area (Å²) in [4.78, 5) is 16.8. The first-order chi connectivity index (χ1) is 10.8. The first-order valence-corrected chi connectivity index (χ1v) is 7.16. The number of nitrogens with zero attached hydrogens (tertiary/aromatic N) is 1. The van der Waals surface area contributed by atoms with Gasteiger partial charge in [0.15, 0.2) is 0 Å². The number of anilines is 1. The van der Waals surface area contributed by atoms with Crippen LogP contribution in [0.2, 0.25) is 0 Å². The minimum Gasteiger partial charge on any atom is -0.322 e. The average molecular weight is 288 g/mol. The first-order valence-electron chi connectivity index (χ1n) is 7.16. The number of allylic oxidation sites excluding steroid dienone is 1. The maximum Gasteiger partial charge on any atom is 0.256 e. The topological polar surface area (TPSA) is 42.0 Å². The van der Waals surface area contributed by atoms with E-state index in [4.69, 9.17) is 0 Å². The van der Waals surface area contributed by atoms with E-state index < -0.39 is 0 Å². The molecular weight excluding hydrogens is 272 g/mol. The largest absolute Gasteiger partial charge is 0.322 e. The summed E-state index contributed by atoms with van der Waals surface area (Å²) in [5.74, 6) is -0.121. The molecule has 0 unspecified atom stereocenters. The van der Waals surface area contributed by atoms with Crippen molar-refractivity contribution in [2.45, 2.75) is 6.92 Å². The van der Waals surface area contributed by atoms with E-state index in [1.165, 1.54) is 0 Å². The van der Waals surface area contributed by atoms with Crippen LogP contribution < -0.4 is 5.32 Å². The molecule has 3 rings (SSSR count). The van der Waals surface area contributed by atoms with Gasteiger partial charge in [0.2, 0.25) is 0 Å². The molecule has 2 aromatic carbocycles. The number of hydrogen-bond acceptors (Lipinski definition) is 2. The minimum atomic E-state index is -0.121. The standard InChI is InChI=1S/C19H16N2O/c1-2-6-14-7-3-4-9-17(14)19(22)21-16-11-10-15-8-5-12-20-18(15)13-16/h2-13H,1H3,(H,21,22)/b6-2+. The van der Waals surface area contributed by atoms with Gasteiger partial charge in [-0.25, -0.2) is 0 Å². The molecule has 0 radical (unpaired) electrons. The zero-order chi connectivity index (χ0) is 15.4. The summed E-state index contributed by atoms with van der Waals surface area (Å²) in [7, 11) is 0. The third-order valence-electron chi connectivity index (χ3n) is 3.42. The van der Waals surface area contributed by atoms with E-state index in [9.17, 15) is 4.79 Å². The lowest BCUT2D eigenvalue weighted by molar-refractivity contribution is 0.102. The maximum absolute atomic E-state index is 12.5. The Morgan fingerprint density at radius 1 is 1.09 bits per heavy atom. The normalized spacial score (nSPS) is 11.0. The van der Waals surface area contributed by atoms with Crippen LogP contribution in [0.3, 0.4) is 0 Å². The molecule has 0 saturated carbocycles. The van der Waals surface area contributed by atoms with Gasteiger partial charge in [-0.15, -0.1) is 0 Å². The van der Waals surface area contributed by atoms with Crippen LogP contribution in [0.25, 0.3) is 17.0 Å². The second kappa shape index (κ2) is 6.22. The van der Waals surface area contributed by atoms with Gasteiger partial charge in [-0.1, -0.05) is 42.5 Å². The van der Waals surface area contributed by atoms with E-state index in [1.807, 2.05) is 73.7 Å². The number of benzene rings is 2. The molecular formula is C19H16N2O. The zero-order valence-electron chi connectivity index (χ0n) is 12.3. The molecule has 0 fully saturated rings. The third-order valence-corrected chi connectivity index (χ3v) is 3.42. The van der Waals surface area contributed by atoms with Gasteiger partial charge in [-0.05, 0) is 36.8 Å². The summed E-state index contributed by atoms with van der Waals surface area (Å²) in [6.45, 7) is 1.93. The highest BCUT2D eigenvalue weighted by Gasteiger charge is 2.09. The molecule has 108 valence electrons. The summed E-state index contributed by atoms with van der Waals surface area (Å²) in [5, 5.41) is 3.99. The van der Waals surface area contributed by atoms with Crippen LogP contribution in [0.5, 0.6) is 0 Å². The number of pyridine rings is 1. The molecule has 3 aromatic rings. The molecule has 3 heteroatoms. The fourth-order valence-corrected chi connectivity index (χ4v) is 2.37. The van der Waals surface area contributed by atoms with Crippen molar-refractivity contribution < 1.29 is 4.79 Å². The Balaban J connectivity index is 1.90. The fourth-order valence-electron chi connectivity index (χ4n) is 2.37. The molecule has 1 heterocycles. The van der Waals surface area contributed by atoms with Gasteiger partial charge in [-0.3, -0.25) is 9.78 Å². The van der Waals surface area contributed by atoms with E-state index in [-0.39, 0.29) is 5.91 Å². The van der Waals surface area contributed by atoms with Crippen molar-refractivity contribution in [3.8, 4) is 0 Å². The SMILES string of the molecule is C/C=C/c1ccccc1C(=O)Nc1ccc2cccnc2c1. The van der Waals surface area contributed by atoms with Crippen LogP contribution >= 0.6 is 0 Å². The number of aromatic nitrogens is 1. The van der Waals surface area contributed by atoms with E-state index in [1.54, 1.807) is 6.20 Å². The average Bonchev–Trinajstić information content (AvgIpc) is 2.55. The van der Waals surface area contributed by atoms with Gasteiger partial charge < -0.3 is 5.32 Å². The summed E-state index contributed by atoms with van der Waals surface area (Å²) in [6.07, 6.45) is 5.60. The van der Waals surface area contributed by atoms with Crippen molar-refractivity contribution in [3.63, 3.8) is 0 Å². The predicted molar refractivity (Wildman–Crippen MR) is 90.8 cm³/mol. The van der Waals surface area contributed by atoms with Crippen LogP contribution in [0.15, 0.2) is 66.9 Å². The number of nitrogens with one attached hydrogen (secondary N) is 1. The van der Waals surface area contributed by atoms with Crippen molar-refractivity contribution >= 4 is 28.6 Å². The highest BCUT2D eigenvalue weighted by molar-refractivity contribution is 6.07. The quantitative estimate of drug-likeness (QED) is 0.770. The molecule has 0 aliphatic carbocycles. The Labute approximate surface area is 129 Å². The molecule has 0 spiro atoms. The summed E-state index contributed by atoms with van der Waals surface area (Å²) < 4.78 is 0. The van der Waals surface area contributed by atoms with Gasteiger partial charge in [-0.2, -0.15) is 0 Å². The van der Waals surface area contributed by atoms with Crippen LogP contribution in [0.4, 0.5) is 5.69 Å². The summed E-state index contributed by atoms with van der Waals surface area (Å²) in [6, 6.07) is 17.2. The highest BCUT2D eigenvalue weighted by atomic mass is 16.1. The monoisotopic (exact) mass is 288 g/mol. The smallest absolute Gasteiger partial charge is 0.256 e. The molecule has 0 aliphatic rings. The first kappa shape index (κ1) is 14.0. The van der Waals surface area contributed by atoms with E-state index >= 15 is 0 Å². The Bertz CT molecular complexity index is 853. The van der Waals surface area contributed by atoms with Crippen LogP contribution in [-0.2, 0) is 0 Å². The van der Waals surface area contributed by atoms with E-state index in [0.29, 0.717) is 5.56 Å². The van der Waals surface area contributed by atoms with Gasteiger partial charge in [0.05, 0.1) is 5.52 Å². The highest BCUT2D eigenvalue weighted by Crippen LogP contribution is 2.19. The molecule has 0 atom stereocenters. The van der Waals surface area contributed by atoms with Crippen molar-refractivity contribution in [1.82, 2.24) is 4.98 Å². The number of fused-ring (bicyclic) bond motifs is 1. The van der Waals surface area contributed by atoms with Crippen molar-refractivity contribution in [1.29, 1.82) is 0 Å². The van der Waals surface area contributed by atoms with Gasteiger partial charge in [0, 0.05) is 22.8 Å². The van der Waals surface area contributed by atoms with Crippen molar-refractivity contribution in [3.05, 3.63) is 78.0 Å². The molecule has 22 heavy (non-hydrogen) atoms. The Morgan fingerprint density at radius 3 is 2.82 bits per heavy atom. The number of hydrogen-bond donors (Lipinski definition) is 1. The van der Waals surface area contributed by atoms with Crippen molar-refractivity contribution in [2.75, 3.05) is 5.32 Å². The molecule has 0 saturated heterocycles. The Hall–Kier alpha value is -2.94. The molecule has 1 N–H and O–H groups in total. The molecule has 1 aromatic heterocycles. The zero-order valence-corrected chi connectivity index (χ0v) is 12.3. The molecule has 0 bridgehead atoms.